The fourth-order valence-corrected chi connectivity index (χ4v) is 1.93. The molecule has 0 aromatic heterocycles. The Hall–Kier alpha value is -2.70. The summed E-state index contributed by atoms with van der Waals surface area (Å²) in [6.45, 7) is 0. The van der Waals surface area contributed by atoms with Gasteiger partial charge in [-0.05, 0) is 42.3 Å². The number of rotatable bonds is 5. The highest BCUT2D eigenvalue weighted by molar-refractivity contribution is 5.90. The van der Waals surface area contributed by atoms with Crippen molar-refractivity contribution in [1.29, 1.82) is 0 Å². The van der Waals surface area contributed by atoms with Gasteiger partial charge in [0.25, 0.3) is 0 Å². The van der Waals surface area contributed by atoms with E-state index in [2.05, 4.69) is 10.1 Å². The van der Waals surface area contributed by atoms with Gasteiger partial charge < -0.3 is 15.2 Å². The van der Waals surface area contributed by atoms with Crippen molar-refractivity contribution in [3.8, 4) is 11.5 Å². The molecule has 0 aliphatic heterocycles. The second-order valence-corrected chi connectivity index (χ2v) is 4.75. The molecule has 0 aliphatic rings. The quantitative estimate of drug-likeness (QED) is 0.877. The first-order valence-electron chi connectivity index (χ1n) is 6.76. The monoisotopic (exact) mass is 325 g/mol. The maximum atomic E-state index is 12.0. The summed E-state index contributed by atoms with van der Waals surface area (Å²) in [5.74, 6) is -0.545. The third kappa shape index (κ3) is 5.54. The van der Waals surface area contributed by atoms with Crippen molar-refractivity contribution in [2.75, 3.05) is 5.32 Å². The van der Waals surface area contributed by atoms with Gasteiger partial charge in [-0.25, -0.2) is 0 Å². The van der Waals surface area contributed by atoms with Crippen molar-refractivity contribution in [3.63, 3.8) is 0 Å². The zero-order valence-corrected chi connectivity index (χ0v) is 11.9. The van der Waals surface area contributed by atoms with E-state index >= 15 is 0 Å². The molecule has 1 amide bonds. The van der Waals surface area contributed by atoms with Crippen LogP contribution < -0.4 is 10.1 Å². The summed E-state index contributed by atoms with van der Waals surface area (Å²) >= 11 is 0. The molecular weight excluding hydrogens is 311 g/mol. The average molecular weight is 325 g/mol. The molecule has 0 aliphatic carbocycles. The van der Waals surface area contributed by atoms with Crippen molar-refractivity contribution >= 4 is 11.6 Å². The van der Waals surface area contributed by atoms with Crippen LogP contribution in [0, 0.1) is 0 Å². The van der Waals surface area contributed by atoms with Crippen LogP contribution in [0.3, 0.4) is 0 Å². The van der Waals surface area contributed by atoms with Crippen LogP contribution in [0.2, 0.25) is 0 Å². The van der Waals surface area contributed by atoms with E-state index in [4.69, 9.17) is 0 Å². The Labute approximate surface area is 130 Å². The summed E-state index contributed by atoms with van der Waals surface area (Å²) in [5.41, 5.74) is 1.01. The summed E-state index contributed by atoms with van der Waals surface area (Å²) in [6, 6.07) is 11.6. The number of phenolic OH excluding ortho intramolecular Hbond substituents is 1. The Morgan fingerprint density at radius 1 is 1.09 bits per heavy atom. The van der Waals surface area contributed by atoms with Crippen molar-refractivity contribution in [1.82, 2.24) is 0 Å². The largest absolute Gasteiger partial charge is 0.573 e. The van der Waals surface area contributed by atoms with Crippen LogP contribution in [-0.4, -0.2) is 17.4 Å². The topological polar surface area (TPSA) is 58.6 Å². The minimum atomic E-state index is -4.75. The Bertz CT molecular complexity index is 669. The van der Waals surface area contributed by atoms with Gasteiger partial charge in [-0.1, -0.05) is 18.2 Å². The van der Waals surface area contributed by atoms with Gasteiger partial charge in [0, 0.05) is 12.1 Å². The number of anilines is 1. The fraction of sp³-hybridized carbons (Fsp3) is 0.188. The predicted octanol–water partition coefficient (Wildman–Crippen LogP) is 3.86. The van der Waals surface area contributed by atoms with Gasteiger partial charge in [-0.2, -0.15) is 0 Å². The molecule has 4 nitrogen and oxygen atoms in total. The molecule has 0 atom stereocenters. The zero-order valence-electron chi connectivity index (χ0n) is 11.9. The van der Waals surface area contributed by atoms with E-state index in [1.807, 2.05) is 0 Å². The van der Waals surface area contributed by atoms with Gasteiger partial charge in [0.05, 0.1) is 0 Å². The summed E-state index contributed by atoms with van der Waals surface area (Å²) in [7, 11) is 0. The molecule has 23 heavy (non-hydrogen) atoms. The molecule has 122 valence electrons. The maximum Gasteiger partial charge on any atom is 0.573 e. The third-order valence-electron chi connectivity index (χ3n) is 2.98. The minimum absolute atomic E-state index is 0.119. The van der Waals surface area contributed by atoms with Crippen LogP contribution in [0.15, 0.2) is 48.5 Å². The second kappa shape index (κ2) is 7.04. The Balaban J connectivity index is 1.87. The Kier molecular flexibility index (Phi) is 5.10. The first kappa shape index (κ1) is 16.7. The molecule has 2 aromatic carbocycles. The SMILES string of the molecule is O=C(CCc1ccccc1O)Nc1ccc(OC(F)(F)F)cc1. The van der Waals surface area contributed by atoms with Crippen molar-refractivity contribution < 1.29 is 27.8 Å². The first-order chi connectivity index (χ1) is 10.8. The first-order valence-corrected chi connectivity index (χ1v) is 6.76. The molecule has 0 bridgehead atoms. The summed E-state index contributed by atoms with van der Waals surface area (Å²) in [4.78, 5) is 11.8. The highest BCUT2D eigenvalue weighted by atomic mass is 19.4. The maximum absolute atomic E-state index is 12.0. The second-order valence-electron chi connectivity index (χ2n) is 4.75. The van der Waals surface area contributed by atoms with Crippen LogP contribution >= 0.6 is 0 Å². The molecule has 2 aromatic rings. The molecule has 0 unspecified atom stereocenters. The van der Waals surface area contributed by atoms with Crippen LogP contribution in [0.25, 0.3) is 0 Å². The molecule has 0 radical (unpaired) electrons. The number of nitrogens with one attached hydrogen (secondary N) is 1. The van der Waals surface area contributed by atoms with Gasteiger partial charge in [0.1, 0.15) is 11.5 Å². The lowest BCUT2D eigenvalue weighted by Crippen LogP contribution is -2.17. The number of amides is 1. The number of aromatic hydroxyl groups is 1. The van der Waals surface area contributed by atoms with Gasteiger partial charge in [0.15, 0.2) is 0 Å². The number of halogens is 3. The molecule has 0 fully saturated rings. The Morgan fingerprint density at radius 2 is 1.74 bits per heavy atom. The van der Waals surface area contributed by atoms with E-state index in [9.17, 15) is 23.1 Å². The number of para-hydroxylation sites is 1. The van der Waals surface area contributed by atoms with E-state index in [1.54, 1.807) is 18.2 Å². The number of phenols is 1. The minimum Gasteiger partial charge on any atom is -0.508 e. The smallest absolute Gasteiger partial charge is 0.508 e. The van der Waals surface area contributed by atoms with Crippen LogP contribution in [0.1, 0.15) is 12.0 Å². The van der Waals surface area contributed by atoms with E-state index in [0.29, 0.717) is 17.7 Å². The number of alkyl halides is 3. The number of carbonyl (C=O) groups is 1. The molecular formula is C16H14F3NO3. The highest BCUT2D eigenvalue weighted by Crippen LogP contribution is 2.24. The van der Waals surface area contributed by atoms with Crippen LogP contribution in [0.5, 0.6) is 11.5 Å². The standard InChI is InChI=1S/C16H14F3NO3/c17-16(18,19)23-13-8-6-12(7-9-13)20-15(22)10-5-11-3-1-2-4-14(11)21/h1-4,6-9,21H,5,10H2,(H,20,22). The lowest BCUT2D eigenvalue weighted by molar-refractivity contribution is -0.274. The molecule has 2 rings (SSSR count). The van der Waals surface area contributed by atoms with Crippen molar-refractivity contribution in [2.24, 2.45) is 0 Å². The number of carbonyl (C=O) groups excluding carboxylic acids is 1. The zero-order chi connectivity index (χ0) is 16.9. The number of benzene rings is 2. The number of hydrogen-bond donors (Lipinski definition) is 2. The van der Waals surface area contributed by atoms with Gasteiger partial charge in [0.2, 0.25) is 5.91 Å². The van der Waals surface area contributed by atoms with Crippen LogP contribution in [-0.2, 0) is 11.2 Å². The predicted molar refractivity (Wildman–Crippen MR) is 78.2 cm³/mol. The van der Waals surface area contributed by atoms with E-state index in [0.717, 1.165) is 12.1 Å². The Morgan fingerprint density at radius 3 is 2.35 bits per heavy atom. The summed E-state index contributed by atoms with van der Waals surface area (Å²) in [5, 5.41) is 12.2. The summed E-state index contributed by atoms with van der Waals surface area (Å²) in [6.07, 6.45) is -4.26. The summed E-state index contributed by atoms with van der Waals surface area (Å²) < 4.78 is 39.8. The molecule has 0 saturated heterocycles. The van der Waals surface area contributed by atoms with E-state index in [-0.39, 0.29) is 23.8 Å². The van der Waals surface area contributed by atoms with Gasteiger partial charge in [-0.15, -0.1) is 13.2 Å². The van der Waals surface area contributed by atoms with Crippen molar-refractivity contribution in [2.45, 2.75) is 19.2 Å². The van der Waals surface area contributed by atoms with E-state index in [1.165, 1.54) is 18.2 Å². The molecule has 7 heteroatoms. The third-order valence-corrected chi connectivity index (χ3v) is 2.98. The number of ether oxygens (including phenoxy) is 1. The fourth-order valence-electron chi connectivity index (χ4n) is 1.93. The average Bonchev–Trinajstić information content (AvgIpc) is 2.47. The van der Waals surface area contributed by atoms with Gasteiger partial charge >= 0.3 is 6.36 Å². The lowest BCUT2D eigenvalue weighted by Gasteiger charge is -2.10. The van der Waals surface area contributed by atoms with E-state index < -0.39 is 6.36 Å². The normalized spacial score (nSPS) is 11.1. The molecule has 2 N–H and O–H groups in total. The number of hydrogen-bond acceptors (Lipinski definition) is 3. The van der Waals surface area contributed by atoms with Crippen LogP contribution in [0.4, 0.5) is 18.9 Å². The molecule has 0 spiro atoms. The molecule has 0 saturated carbocycles. The van der Waals surface area contributed by atoms with Gasteiger partial charge in [-0.3, -0.25) is 4.79 Å². The number of aryl methyl sites for hydroxylation is 1. The van der Waals surface area contributed by atoms with Crippen molar-refractivity contribution in [3.05, 3.63) is 54.1 Å². The highest BCUT2D eigenvalue weighted by Gasteiger charge is 2.30. The molecule has 0 heterocycles. The lowest BCUT2D eigenvalue weighted by atomic mass is 10.1.